The average Bonchev–Trinajstić information content (AvgIpc) is 3.03. The molecule has 2 fully saturated rings. The molecule has 22 heavy (non-hydrogen) atoms. The van der Waals surface area contributed by atoms with E-state index in [-0.39, 0.29) is 6.04 Å². The standard InChI is InChI=1S/C15H18F3N3O/c16-12-2-1-11(13(17)14(12)18)15(22)21-6-3-10(9-21)20-7-4-19-5-8-20/h1-2,10,19H,3-9H2. The molecule has 1 amide bonds. The van der Waals surface area contributed by atoms with Gasteiger partial charge in [0.1, 0.15) is 0 Å². The van der Waals surface area contributed by atoms with Crippen molar-refractivity contribution in [3.05, 3.63) is 35.1 Å². The Labute approximate surface area is 126 Å². The lowest BCUT2D eigenvalue weighted by molar-refractivity contribution is 0.0767. The van der Waals surface area contributed by atoms with Crippen molar-refractivity contribution in [3.8, 4) is 0 Å². The maximum atomic E-state index is 13.7. The number of hydrogen-bond acceptors (Lipinski definition) is 3. The summed E-state index contributed by atoms with van der Waals surface area (Å²) in [5, 5.41) is 3.27. The Morgan fingerprint density at radius 3 is 2.55 bits per heavy atom. The average molecular weight is 313 g/mol. The van der Waals surface area contributed by atoms with Crippen LogP contribution in [0.4, 0.5) is 13.2 Å². The molecule has 2 saturated heterocycles. The van der Waals surface area contributed by atoms with E-state index in [0.717, 1.165) is 44.7 Å². The van der Waals surface area contributed by atoms with Gasteiger partial charge < -0.3 is 10.2 Å². The summed E-state index contributed by atoms with van der Waals surface area (Å²) in [5.41, 5.74) is -0.403. The maximum Gasteiger partial charge on any atom is 0.256 e. The SMILES string of the molecule is O=C(c1ccc(F)c(F)c1F)N1CCC(N2CCNCC2)C1. The van der Waals surface area contributed by atoms with Gasteiger partial charge in [0.15, 0.2) is 17.5 Å². The van der Waals surface area contributed by atoms with E-state index >= 15 is 0 Å². The minimum Gasteiger partial charge on any atom is -0.337 e. The van der Waals surface area contributed by atoms with E-state index in [0.29, 0.717) is 13.1 Å². The molecule has 2 aliphatic rings. The van der Waals surface area contributed by atoms with Gasteiger partial charge in [-0.3, -0.25) is 9.69 Å². The number of nitrogens with one attached hydrogen (secondary N) is 1. The van der Waals surface area contributed by atoms with Crippen molar-refractivity contribution in [2.45, 2.75) is 12.5 Å². The van der Waals surface area contributed by atoms with Crippen molar-refractivity contribution >= 4 is 5.91 Å². The van der Waals surface area contributed by atoms with E-state index in [1.165, 1.54) is 4.90 Å². The third-order valence-electron chi connectivity index (χ3n) is 4.38. The Morgan fingerprint density at radius 1 is 1.09 bits per heavy atom. The molecule has 1 aromatic carbocycles. The van der Waals surface area contributed by atoms with Crippen LogP contribution >= 0.6 is 0 Å². The van der Waals surface area contributed by atoms with Gasteiger partial charge in [-0.25, -0.2) is 13.2 Å². The quantitative estimate of drug-likeness (QED) is 0.834. The first-order chi connectivity index (χ1) is 10.6. The molecule has 0 radical (unpaired) electrons. The number of nitrogens with zero attached hydrogens (tertiary/aromatic N) is 2. The van der Waals surface area contributed by atoms with Gasteiger partial charge in [-0.2, -0.15) is 0 Å². The summed E-state index contributed by atoms with van der Waals surface area (Å²) in [6.07, 6.45) is 0.817. The molecule has 120 valence electrons. The number of likely N-dealkylation sites (tertiary alicyclic amines) is 1. The highest BCUT2D eigenvalue weighted by molar-refractivity contribution is 5.94. The molecule has 0 aliphatic carbocycles. The summed E-state index contributed by atoms with van der Waals surface area (Å²) in [5.74, 6) is -4.86. The summed E-state index contributed by atoms with van der Waals surface area (Å²) >= 11 is 0. The van der Waals surface area contributed by atoms with Crippen LogP contribution in [-0.4, -0.2) is 61.0 Å². The number of carbonyl (C=O) groups is 1. The normalized spacial score (nSPS) is 23.0. The molecule has 1 aromatic rings. The second kappa shape index (κ2) is 6.26. The lowest BCUT2D eigenvalue weighted by Gasteiger charge is -2.32. The van der Waals surface area contributed by atoms with E-state index in [1.807, 2.05) is 0 Å². The number of hydrogen-bond donors (Lipinski definition) is 1. The van der Waals surface area contributed by atoms with Crippen molar-refractivity contribution in [1.82, 2.24) is 15.1 Å². The molecule has 0 saturated carbocycles. The predicted molar refractivity (Wildman–Crippen MR) is 75.1 cm³/mol. The molecule has 2 heterocycles. The monoisotopic (exact) mass is 313 g/mol. The molecule has 2 aliphatic heterocycles. The number of amides is 1. The number of rotatable bonds is 2. The van der Waals surface area contributed by atoms with Crippen LogP contribution in [0.2, 0.25) is 0 Å². The first-order valence-electron chi connectivity index (χ1n) is 7.45. The molecule has 0 spiro atoms. The van der Waals surface area contributed by atoms with Crippen molar-refractivity contribution in [3.63, 3.8) is 0 Å². The minimum absolute atomic E-state index is 0.249. The summed E-state index contributed by atoms with van der Waals surface area (Å²) in [6.45, 7) is 4.69. The summed E-state index contributed by atoms with van der Waals surface area (Å²) in [6, 6.07) is 2.04. The molecular weight excluding hydrogens is 295 g/mol. The van der Waals surface area contributed by atoms with Crippen molar-refractivity contribution in [1.29, 1.82) is 0 Å². The Bertz CT molecular complexity index is 575. The molecule has 0 bridgehead atoms. The highest BCUT2D eigenvalue weighted by Gasteiger charge is 2.32. The first-order valence-corrected chi connectivity index (χ1v) is 7.45. The molecular formula is C15H18F3N3O. The van der Waals surface area contributed by atoms with Gasteiger partial charge in [0.25, 0.3) is 5.91 Å². The van der Waals surface area contributed by atoms with E-state index < -0.39 is 28.9 Å². The van der Waals surface area contributed by atoms with Crippen molar-refractivity contribution < 1.29 is 18.0 Å². The van der Waals surface area contributed by atoms with Crippen LogP contribution in [0.15, 0.2) is 12.1 Å². The van der Waals surface area contributed by atoms with Gasteiger partial charge in [0.2, 0.25) is 0 Å². The molecule has 7 heteroatoms. The molecule has 1 unspecified atom stereocenters. The van der Waals surface area contributed by atoms with Crippen LogP contribution in [-0.2, 0) is 0 Å². The second-order valence-corrected chi connectivity index (χ2v) is 5.70. The largest absolute Gasteiger partial charge is 0.337 e. The van der Waals surface area contributed by atoms with Gasteiger partial charge in [0.05, 0.1) is 5.56 Å². The van der Waals surface area contributed by atoms with Gasteiger partial charge in [-0.15, -0.1) is 0 Å². The Balaban J connectivity index is 1.70. The van der Waals surface area contributed by atoms with Crippen molar-refractivity contribution in [2.24, 2.45) is 0 Å². The highest BCUT2D eigenvalue weighted by atomic mass is 19.2. The highest BCUT2D eigenvalue weighted by Crippen LogP contribution is 2.21. The van der Waals surface area contributed by atoms with Gasteiger partial charge in [-0.05, 0) is 18.6 Å². The molecule has 1 atom stereocenters. The number of carbonyl (C=O) groups excluding carboxylic acids is 1. The fourth-order valence-electron chi connectivity index (χ4n) is 3.13. The third-order valence-corrected chi connectivity index (χ3v) is 4.38. The molecule has 3 rings (SSSR count). The van der Waals surface area contributed by atoms with Crippen LogP contribution in [0, 0.1) is 17.5 Å². The number of piperazine rings is 1. The van der Waals surface area contributed by atoms with Crippen LogP contribution in [0.3, 0.4) is 0 Å². The zero-order chi connectivity index (χ0) is 15.7. The smallest absolute Gasteiger partial charge is 0.256 e. The van der Waals surface area contributed by atoms with Gasteiger partial charge >= 0.3 is 0 Å². The molecule has 4 nitrogen and oxygen atoms in total. The Hall–Kier alpha value is -1.60. The summed E-state index contributed by atoms with van der Waals surface area (Å²) in [7, 11) is 0. The second-order valence-electron chi connectivity index (χ2n) is 5.70. The van der Waals surface area contributed by atoms with E-state index in [4.69, 9.17) is 0 Å². The van der Waals surface area contributed by atoms with E-state index in [2.05, 4.69) is 10.2 Å². The zero-order valence-electron chi connectivity index (χ0n) is 12.1. The van der Waals surface area contributed by atoms with Gasteiger partial charge in [0, 0.05) is 45.3 Å². The maximum absolute atomic E-state index is 13.7. The molecule has 1 N–H and O–H groups in total. The lowest BCUT2D eigenvalue weighted by atomic mass is 10.1. The fourth-order valence-corrected chi connectivity index (χ4v) is 3.13. The first kappa shape index (κ1) is 15.3. The Morgan fingerprint density at radius 2 is 1.82 bits per heavy atom. The molecule has 0 aromatic heterocycles. The zero-order valence-corrected chi connectivity index (χ0v) is 12.1. The van der Waals surface area contributed by atoms with E-state index in [1.54, 1.807) is 0 Å². The topological polar surface area (TPSA) is 35.6 Å². The number of benzene rings is 1. The van der Waals surface area contributed by atoms with Crippen molar-refractivity contribution in [2.75, 3.05) is 39.3 Å². The van der Waals surface area contributed by atoms with Crippen LogP contribution in [0.1, 0.15) is 16.8 Å². The number of halogens is 3. The third kappa shape index (κ3) is 2.83. The van der Waals surface area contributed by atoms with Crippen LogP contribution in [0.5, 0.6) is 0 Å². The van der Waals surface area contributed by atoms with Gasteiger partial charge in [-0.1, -0.05) is 0 Å². The summed E-state index contributed by atoms with van der Waals surface area (Å²) < 4.78 is 40.0. The van der Waals surface area contributed by atoms with Crippen LogP contribution < -0.4 is 5.32 Å². The lowest BCUT2D eigenvalue weighted by Crippen LogP contribution is -2.49. The summed E-state index contributed by atoms with van der Waals surface area (Å²) in [4.78, 5) is 16.2. The van der Waals surface area contributed by atoms with Crippen LogP contribution in [0.25, 0.3) is 0 Å². The van der Waals surface area contributed by atoms with E-state index in [9.17, 15) is 18.0 Å². The fraction of sp³-hybridized carbons (Fsp3) is 0.533. The Kier molecular flexibility index (Phi) is 4.35. The predicted octanol–water partition coefficient (Wildman–Crippen LogP) is 1.22. The minimum atomic E-state index is -1.59.